The maximum Gasteiger partial charge on any atom is 0.140 e. The lowest BCUT2D eigenvalue weighted by Crippen LogP contribution is -2.42. The maximum atomic E-state index is 11.8. The largest absolute Gasteiger partial charge is 0.314 e. The lowest BCUT2D eigenvalue weighted by molar-refractivity contribution is -0.129. The lowest BCUT2D eigenvalue weighted by atomic mass is 9.76. The second-order valence-corrected chi connectivity index (χ2v) is 4.61. The highest BCUT2D eigenvalue weighted by atomic mass is 16.1. The molecule has 0 bridgehead atoms. The first-order valence-corrected chi connectivity index (χ1v) is 5.54. The summed E-state index contributed by atoms with van der Waals surface area (Å²) in [4.78, 5) is 11.8. The molecular formula is C11H19NO. The van der Waals surface area contributed by atoms with Crippen LogP contribution in [0.5, 0.6) is 0 Å². The molecule has 1 saturated carbocycles. The average molecular weight is 181 g/mol. The summed E-state index contributed by atoms with van der Waals surface area (Å²) in [7, 11) is 0. The summed E-state index contributed by atoms with van der Waals surface area (Å²) < 4.78 is 0. The highest BCUT2D eigenvalue weighted by Gasteiger charge is 2.32. The summed E-state index contributed by atoms with van der Waals surface area (Å²) >= 11 is 0. The zero-order valence-electron chi connectivity index (χ0n) is 8.38. The SMILES string of the molecule is CC1CCC(C(=O)C2CCC2)CN1. The zero-order valence-corrected chi connectivity index (χ0v) is 8.38. The third-order valence-corrected chi connectivity index (χ3v) is 3.57. The summed E-state index contributed by atoms with van der Waals surface area (Å²) in [5, 5.41) is 3.40. The summed E-state index contributed by atoms with van der Waals surface area (Å²) in [6.45, 7) is 3.13. The number of nitrogens with one attached hydrogen (secondary N) is 1. The van der Waals surface area contributed by atoms with Crippen molar-refractivity contribution in [3.05, 3.63) is 0 Å². The molecule has 1 N–H and O–H groups in total. The van der Waals surface area contributed by atoms with E-state index in [1.165, 1.54) is 12.8 Å². The van der Waals surface area contributed by atoms with Gasteiger partial charge in [0.15, 0.2) is 0 Å². The molecule has 13 heavy (non-hydrogen) atoms. The molecule has 0 aromatic rings. The van der Waals surface area contributed by atoms with Crippen molar-refractivity contribution in [2.45, 2.75) is 45.1 Å². The highest BCUT2D eigenvalue weighted by molar-refractivity contribution is 5.84. The number of Topliss-reactive ketones (excluding diaryl/α,β-unsaturated/α-hetero) is 1. The molecule has 0 radical (unpaired) electrons. The van der Waals surface area contributed by atoms with Gasteiger partial charge >= 0.3 is 0 Å². The van der Waals surface area contributed by atoms with Gasteiger partial charge in [0.25, 0.3) is 0 Å². The standard InChI is InChI=1S/C11H19NO/c1-8-5-6-10(7-12-8)11(13)9-3-2-4-9/h8-10,12H,2-7H2,1H3. The van der Waals surface area contributed by atoms with Crippen LogP contribution >= 0.6 is 0 Å². The Bertz CT molecular complexity index is 190. The first-order chi connectivity index (χ1) is 6.27. The van der Waals surface area contributed by atoms with Crippen LogP contribution in [0, 0.1) is 11.8 Å². The Hall–Kier alpha value is -0.370. The van der Waals surface area contributed by atoms with Gasteiger partial charge in [-0.15, -0.1) is 0 Å². The van der Waals surface area contributed by atoms with Crippen molar-refractivity contribution in [3.8, 4) is 0 Å². The predicted molar refractivity (Wildman–Crippen MR) is 52.5 cm³/mol. The normalized spacial score (nSPS) is 35.5. The van der Waals surface area contributed by atoms with E-state index < -0.39 is 0 Å². The quantitative estimate of drug-likeness (QED) is 0.703. The lowest BCUT2D eigenvalue weighted by Gasteiger charge is -2.32. The Balaban J connectivity index is 1.83. The maximum absolute atomic E-state index is 11.8. The summed E-state index contributed by atoms with van der Waals surface area (Å²) in [5.74, 6) is 1.31. The van der Waals surface area contributed by atoms with E-state index in [1.807, 2.05) is 0 Å². The van der Waals surface area contributed by atoms with E-state index in [9.17, 15) is 4.79 Å². The molecule has 2 nitrogen and oxygen atoms in total. The van der Waals surface area contributed by atoms with Crippen LogP contribution in [-0.2, 0) is 4.79 Å². The van der Waals surface area contributed by atoms with Crippen LogP contribution in [0.2, 0.25) is 0 Å². The predicted octanol–water partition coefficient (Wildman–Crippen LogP) is 1.74. The van der Waals surface area contributed by atoms with E-state index in [1.54, 1.807) is 0 Å². The molecule has 1 saturated heterocycles. The third kappa shape index (κ3) is 1.93. The smallest absolute Gasteiger partial charge is 0.140 e. The molecule has 1 aliphatic heterocycles. The topological polar surface area (TPSA) is 29.1 Å². The van der Waals surface area contributed by atoms with Gasteiger partial charge in [0, 0.05) is 24.4 Å². The monoisotopic (exact) mass is 181 g/mol. The number of piperidine rings is 1. The molecule has 0 aromatic heterocycles. The van der Waals surface area contributed by atoms with Crippen molar-refractivity contribution >= 4 is 5.78 Å². The van der Waals surface area contributed by atoms with Gasteiger partial charge in [0.1, 0.15) is 5.78 Å². The fourth-order valence-corrected chi connectivity index (χ4v) is 2.27. The molecule has 1 aliphatic carbocycles. The Morgan fingerprint density at radius 3 is 2.38 bits per heavy atom. The van der Waals surface area contributed by atoms with Crippen molar-refractivity contribution in [2.24, 2.45) is 11.8 Å². The van der Waals surface area contributed by atoms with Gasteiger partial charge in [-0.2, -0.15) is 0 Å². The summed E-state index contributed by atoms with van der Waals surface area (Å²) in [6.07, 6.45) is 5.87. The van der Waals surface area contributed by atoms with Crippen molar-refractivity contribution in [1.82, 2.24) is 5.32 Å². The molecular weight excluding hydrogens is 162 g/mol. The first-order valence-electron chi connectivity index (χ1n) is 5.54. The highest BCUT2D eigenvalue weighted by Crippen LogP contribution is 2.31. The molecule has 2 fully saturated rings. The minimum absolute atomic E-state index is 0.335. The van der Waals surface area contributed by atoms with Crippen LogP contribution in [0.1, 0.15) is 39.0 Å². The molecule has 2 atom stereocenters. The van der Waals surface area contributed by atoms with E-state index in [-0.39, 0.29) is 0 Å². The zero-order chi connectivity index (χ0) is 9.26. The summed E-state index contributed by atoms with van der Waals surface area (Å²) in [6, 6.07) is 0.616. The van der Waals surface area contributed by atoms with E-state index >= 15 is 0 Å². The minimum atomic E-state index is 0.335. The van der Waals surface area contributed by atoms with Gasteiger partial charge in [0.05, 0.1) is 0 Å². The van der Waals surface area contributed by atoms with Gasteiger partial charge < -0.3 is 5.32 Å². The van der Waals surface area contributed by atoms with Gasteiger partial charge in [-0.1, -0.05) is 6.42 Å². The van der Waals surface area contributed by atoms with Crippen molar-refractivity contribution in [2.75, 3.05) is 6.54 Å². The van der Waals surface area contributed by atoms with E-state index in [2.05, 4.69) is 12.2 Å². The molecule has 0 aromatic carbocycles. The van der Waals surface area contributed by atoms with Gasteiger partial charge in [-0.05, 0) is 32.6 Å². The Labute approximate surface area is 80.1 Å². The molecule has 0 spiro atoms. The average Bonchev–Trinajstić information content (AvgIpc) is 2.02. The molecule has 2 rings (SSSR count). The second-order valence-electron chi connectivity index (χ2n) is 4.61. The number of ketones is 1. The number of carbonyl (C=O) groups excluding carboxylic acids is 1. The molecule has 2 heteroatoms. The van der Waals surface area contributed by atoms with E-state index in [0.717, 1.165) is 25.8 Å². The van der Waals surface area contributed by atoms with Crippen LogP contribution in [0.25, 0.3) is 0 Å². The van der Waals surface area contributed by atoms with Crippen LogP contribution in [0.3, 0.4) is 0 Å². The molecule has 1 heterocycles. The Morgan fingerprint density at radius 1 is 1.15 bits per heavy atom. The van der Waals surface area contributed by atoms with Crippen molar-refractivity contribution < 1.29 is 4.79 Å². The van der Waals surface area contributed by atoms with Crippen molar-refractivity contribution in [3.63, 3.8) is 0 Å². The Morgan fingerprint density at radius 2 is 1.92 bits per heavy atom. The van der Waals surface area contributed by atoms with Crippen LogP contribution in [0.4, 0.5) is 0 Å². The molecule has 2 unspecified atom stereocenters. The number of hydrogen-bond acceptors (Lipinski definition) is 2. The van der Waals surface area contributed by atoms with Gasteiger partial charge in [-0.25, -0.2) is 0 Å². The van der Waals surface area contributed by atoms with Crippen LogP contribution in [-0.4, -0.2) is 18.4 Å². The third-order valence-electron chi connectivity index (χ3n) is 3.57. The number of hydrogen-bond donors (Lipinski definition) is 1. The summed E-state index contributed by atoms with van der Waals surface area (Å²) in [5.41, 5.74) is 0. The number of rotatable bonds is 2. The molecule has 0 amide bonds. The second kappa shape index (κ2) is 3.79. The van der Waals surface area contributed by atoms with Gasteiger partial charge in [0.2, 0.25) is 0 Å². The molecule has 2 aliphatic rings. The molecule has 74 valence electrons. The van der Waals surface area contributed by atoms with Crippen molar-refractivity contribution in [1.29, 1.82) is 0 Å². The fourth-order valence-electron chi connectivity index (χ4n) is 2.27. The number of carbonyl (C=O) groups is 1. The fraction of sp³-hybridized carbons (Fsp3) is 0.909. The van der Waals surface area contributed by atoms with Gasteiger partial charge in [-0.3, -0.25) is 4.79 Å². The first kappa shape index (κ1) is 9.20. The minimum Gasteiger partial charge on any atom is -0.314 e. The van der Waals surface area contributed by atoms with E-state index in [0.29, 0.717) is 23.7 Å². The van der Waals surface area contributed by atoms with Crippen LogP contribution < -0.4 is 5.32 Å². The van der Waals surface area contributed by atoms with Crippen LogP contribution in [0.15, 0.2) is 0 Å². The Kier molecular flexibility index (Phi) is 2.68. The van der Waals surface area contributed by atoms with E-state index in [4.69, 9.17) is 0 Å².